The van der Waals surface area contributed by atoms with Crippen molar-refractivity contribution in [3.8, 4) is 0 Å². The lowest BCUT2D eigenvalue weighted by molar-refractivity contribution is 0.823. The first-order valence-corrected chi connectivity index (χ1v) is 5.45. The van der Waals surface area contributed by atoms with E-state index in [1.54, 1.807) is 0 Å². The van der Waals surface area contributed by atoms with Crippen molar-refractivity contribution < 1.29 is 0 Å². The predicted octanol–water partition coefficient (Wildman–Crippen LogP) is 0.600. The quantitative estimate of drug-likeness (QED) is 0.207. The van der Waals surface area contributed by atoms with Gasteiger partial charge in [-0.3, -0.25) is 10.9 Å². The average Bonchev–Trinajstić information content (AvgIpc) is 2.70. The number of nitrogens with one attached hydrogen (secondary N) is 4. The molecular formula is C11H20N6. The van der Waals surface area contributed by atoms with Gasteiger partial charge in [-0.05, 0) is 19.9 Å². The molecule has 0 aliphatic rings. The van der Waals surface area contributed by atoms with Crippen molar-refractivity contribution >= 4 is 5.82 Å². The average molecular weight is 236 g/mol. The summed E-state index contributed by atoms with van der Waals surface area (Å²) in [7, 11) is 0. The molecule has 0 unspecified atom stereocenters. The van der Waals surface area contributed by atoms with Gasteiger partial charge in [0.2, 0.25) is 0 Å². The van der Waals surface area contributed by atoms with Crippen molar-refractivity contribution in [1.82, 2.24) is 20.9 Å². The highest BCUT2D eigenvalue weighted by atomic mass is 15.2. The largest absolute Gasteiger partial charge is 0.384 e. The van der Waals surface area contributed by atoms with Gasteiger partial charge < -0.3 is 16.1 Å². The maximum absolute atomic E-state index is 5.24. The van der Waals surface area contributed by atoms with Gasteiger partial charge in [-0.1, -0.05) is 6.58 Å². The third-order valence-electron chi connectivity index (χ3n) is 2.11. The van der Waals surface area contributed by atoms with Crippen LogP contribution in [0.2, 0.25) is 0 Å². The van der Waals surface area contributed by atoms with Crippen LogP contribution in [-0.2, 0) is 0 Å². The lowest BCUT2D eigenvalue weighted by Gasteiger charge is -2.07. The lowest BCUT2D eigenvalue weighted by Crippen LogP contribution is -2.23. The van der Waals surface area contributed by atoms with Gasteiger partial charge in [0.05, 0.1) is 0 Å². The van der Waals surface area contributed by atoms with Gasteiger partial charge in [0, 0.05) is 36.2 Å². The zero-order valence-electron chi connectivity index (χ0n) is 10.3. The number of aromatic nitrogens is 2. The Morgan fingerprint density at radius 2 is 2.35 bits per heavy atom. The molecule has 1 aromatic heterocycles. The van der Waals surface area contributed by atoms with E-state index in [-0.39, 0.29) is 0 Å². The molecule has 94 valence electrons. The zero-order valence-corrected chi connectivity index (χ0v) is 10.3. The number of anilines is 1. The molecule has 17 heavy (non-hydrogen) atoms. The first kappa shape index (κ1) is 13.1. The Morgan fingerprint density at radius 3 is 2.94 bits per heavy atom. The summed E-state index contributed by atoms with van der Waals surface area (Å²) >= 11 is 0. The Kier molecular flexibility index (Phi) is 5.09. The molecule has 0 fully saturated rings. The number of aryl methyl sites for hydroxylation is 1. The summed E-state index contributed by atoms with van der Waals surface area (Å²) in [4.78, 5) is 0. The first-order valence-electron chi connectivity index (χ1n) is 5.45. The minimum absolute atomic E-state index is 0.763. The molecule has 1 heterocycles. The molecular weight excluding hydrogens is 216 g/mol. The van der Waals surface area contributed by atoms with E-state index < -0.39 is 0 Å². The summed E-state index contributed by atoms with van der Waals surface area (Å²) < 4.78 is 0. The smallest absolute Gasteiger partial charge is 0.148 e. The van der Waals surface area contributed by atoms with E-state index in [1.165, 1.54) is 0 Å². The molecule has 6 heteroatoms. The molecule has 0 bridgehead atoms. The molecule has 6 nitrogen and oxygen atoms in total. The second kappa shape index (κ2) is 6.59. The number of hydrazine groups is 1. The summed E-state index contributed by atoms with van der Waals surface area (Å²) in [5.74, 6) is 6.09. The maximum atomic E-state index is 5.24. The molecule has 1 rings (SSSR count). The number of aromatic amines is 1. The van der Waals surface area contributed by atoms with E-state index in [4.69, 9.17) is 5.84 Å². The molecule has 0 saturated heterocycles. The second-order valence-corrected chi connectivity index (χ2v) is 3.79. The SMILES string of the molecule is C=C(/C=C(/C)NN)NCCNc1cc(C)[nH]n1. The fraction of sp³-hybridized carbons (Fsp3) is 0.364. The van der Waals surface area contributed by atoms with Crippen molar-refractivity contribution in [3.63, 3.8) is 0 Å². The second-order valence-electron chi connectivity index (χ2n) is 3.79. The summed E-state index contributed by atoms with van der Waals surface area (Å²) in [6.07, 6.45) is 1.85. The van der Waals surface area contributed by atoms with E-state index >= 15 is 0 Å². The number of nitrogens with two attached hydrogens (primary N) is 1. The molecule has 0 aliphatic heterocycles. The Balaban J connectivity index is 2.18. The number of rotatable bonds is 7. The summed E-state index contributed by atoms with van der Waals surface area (Å²) in [5, 5.41) is 13.3. The highest BCUT2D eigenvalue weighted by molar-refractivity contribution is 5.34. The molecule has 1 aromatic rings. The number of hydrogen-bond donors (Lipinski definition) is 5. The number of hydrogen-bond acceptors (Lipinski definition) is 5. The van der Waals surface area contributed by atoms with Crippen LogP contribution in [-0.4, -0.2) is 23.3 Å². The Hall–Kier alpha value is -1.95. The van der Waals surface area contributed by atoms with Crippen LogP contribution in [0.15, 0.2) is 30.1 Å². The number of allylic oxidation sites excluding steroid dienone is 2. The van der Waals surface area contributed by atoms with Crippen LogP contribution in [0.5, 0.6) is 0 Å². The third-order valence-corrected chi connectivity index (χ3v) is 2.11. The molecule has 0 aliphatic carbocycles. The highest BCUT2D eigenvalue weighted by Gasteiger charge is 1.95. The lowest BCUT2D eigenvalue weighted by atomic mass is 10.3. The molecule has 0 radical (unpaired) electrons. The van der Waals surface area contributed by atoms with Crippen LogP contribution in [0.4, 0.5) is 5.82 Å². The molecule has 0 atom stereocenters. The van der Waals surface area contributed by atoms with E-state index in [0.717, 1.165) is 36.0 Å². The van der Waals surface area contributed by atoms with Crippen LogP contribution in [0.25, 0.3) is 0 Å². The fourth-order valence-corrected chi connectivity index (χ4v) is 1.28. The summed E-state index contributed by atoms with van der Waals surface area (Å²) in [5.41, 5.74) is 5.26. The van der Waals surface area contributed by atoms with Crippen LogP contribution < -0.4 is 21.9 Å². The Morgan fingerprint density at radius 1 is 1.59 bits per heavy atom. The topological polar surface area (TPSA) is 90.8 Å². The van der Waals surface area contributed by atoms with E-state index in [9.17, 15) is 0 Å². The molecule has 0 amide bonds. The highest BCUT2D eigenvalue weighted by Crippen LogP contribution is 2.02. The zero-order chi connectivity index (χ0) is 12.7. The van der Waals surface area contributed by atoms with Crippen LogP contribution in [0, 0.1) is 6.92 Å². The minimum Gasteiger partial charge on any atom is -0.384 e. The van der Waals surface area contributed by atoms with Gasteiger partial charge >= 0.3 is 0 Å². The predicted molar refractivity (Wildman–Crippen MR) is 70.0 cm³/mol. The van der Waals surface area contributed by atoms with Gasteiger partial charge in [0.1, 0.15) is 5.82 Å². The summed E-state index contributed by atoms with van der Waals surface area (Å²) in [6, 6.07) is 1.96. The minimum atomic E-state index is 0.763. The molecule has 0 spiro atoms. The summed E-state index contributed by atoms with van der Waals surface area (Å²) in [6.45, 7) is 9.23. The monoisotopic (exact) mass is 236 g/mol. The fourth-order valence-electron chi connectivity index (χ4n) is 1.28. The third kappa shape index (κ3) is 5.07. The normalized spacial score (nSPS) is 11.1. The molecule has 6 N–H and O–H groups in total. The van der Waals surface area contributed by atoms with Gasteiger partial charge in [0.25, 0.3) is 0 Å². The first-order chi connectivity index (χ1) is 8.11. The van der Waals surface area contributed by atoms with Crippen molar-refractivity contribution in [1.29, 1.82) is 0 Å². The van der Waals surface area contributed by atoms with Gasteiger partial charge in [-0.25, -0.2) is 0 Å². The Labute approximate surface area is 101 Å². The molecule has 0 aromatic carbocycles. The van der Waals surface area contributed by atoms with Crippen molar-refractivity contribution in [3.05, 3.63) is 35.8 Å². The number of H-pyrrole nitrogens is 1. The standard InChI is InChI=1S/C11H20N6/c1-8(6-9(2)15-12)13-4-5-14-11-7-10(3)16-17-11/h6-7,13,15H,1,4-5,12H2,2-3H3,(H2,14,16,17)/b9-6-. The van der Waals surface area contributed by atoms with Gasteiger partial charge in [0.15, 0.2) is 0 Å². The van der Waals surface area contributed by atoms with E-state index in [2.05, 4.69) is 32.8 Å². The maximum Gasteiger partial charge on any atom is 0.148 e. The van der Waals surface area contributed by atoms with E-state index in [0.29, 0.717) is 0 Å². The van der Waals surface area contributed by atoms with Crippen LogP contribution >= 0.6 is 0 Å². The van der Waals surface area contributed by atoms with Crippen molar-refractivity contribution in [2.24, 2.45) is 5.84 Å². The Bertz CT molecular complexity index is 392. The van der Waals surface area contributed by atoms with Crippen LogP contribution in [0.3, 0.4) is 0 Å². The molecule has 0 saturated carbocycles. The number of nitrogens with zero attached hydrogens (tertiary/aromatic N) is 1. The van der Waals surface area contributed by atoms with E-state index in [1.807, 2.05) is 26.0 Å². The van der Waals surface area contributed by atoms with Crippen molar-refractivity contribution in [2.75, 3.05) is 18.4 Å². The van der Waals surface area contributed by atoms with Crippen LogP contribution in [0.1, 0.15) is 12.6 Å². The van der Waals surface area contributed by atoms with Crippen molar-refractivity contribution in [2.45, 2.75) is 13.8 Å². The van der Waals surface area contributed by atoms with Gasteiger partial charge in [-0.2, -0.15) is 5.10 Å². The van der Waals surface area contributed by atoms with Gasteiger partial charge in [-0.15, -0.1) is 0 Å².